The Morgan fingerprint density at radius 1 is 1.40 bits per heavy atom. The maximum Gasteiger partial charge on any atom is 0.404 e. The van der Waals surface area contributed by atoms with Crippen molar-refractivity contribution >= 4 is 17.7 Å². The van der Waals surface area contributed by atoms with Crippen LogP contribution >= 0.6 is 0 Å². The number of nitrogens with zero attached hydrogens (tertiary/aromatic N) is 2. The van der Waals surface area contributed by atoms with Gasteiger partial charge in [-0.3, -0.25) is 14.5 Å². The van der Waals surface area contributed by atoms with Gasteiger partial charge < -0.3 is 25.2 Å². The van der Waals surface area contributed by atoms with Crippen molar-refractivity contribution in [2.75, 3.05) is 27.3 Å². The molecule has 1 amide bonds. The molecule has 2 fully saturated rings. The first-order valence-corrected chi connectivity index (χ1v) is 7.97. The van der Waals surface area contributed by atoms with Crippen molar-refractivity contribution < 1.29 is 29.0 Å². The first-order chi connectivity index (χ1) is 11.7. The molecule has 3 heterocycles. The van der Waals surface area contributed by atoms with E-state index in [9.17, 15) is 19.5 Å². The van der Waals surface area contributed by atoms with Gasteiger partial charge in [-0.25, -0.2) is 4.79 Å². The van der Waals surface area contributed by atoms with Crippen molar-refractivity contribution in [2.45, 2.75) is 24.7 Å². The molecule has 4 rings (SSSR count). The zero-order valence-corrected chi connectivity index (χ0v) is 14.1. The average molecular weight is 349 g/mol. The number of allylic oxidation sites excluding steroid dienone is 2. The number of carbonyl (C=O) groups is 3. The maximum absolute atomic E-state index is 12.9. The molecule has 3 N–H and O–H groups in total. The predicted molar refractivity (Wildman–Crippen MR) is 82.8 cm³/mol. The number of piperazine rings is 1. The van der Waals surface area contributed by atoms with E-state index in [4.69, 9.17) is 15.2 Å². The van der Waals surface area contributed by atoms with Crippen molar-refractivity contribution in [3.05, 3.63) is 22.6 Å². The van der Waals surface area contributed by atoms with Crippen molar-refractivity contribution in [3.8, 4) is 0 Å². The number of amides is 1. The number of ether oxygens (including phenoxy) is 2. The molecule has 3 unspecified atom stereocenters. The standard InChI is InChI=1S/C16H19N3O6/c1-6-11(20)10-9(12(21)13(6)24-3)7(5-25-15(17)22)16(23)14-8(18(14)2)4-19(10)16/h7-8,14,23H,4-5H2,1-3H3,(H2,17,22)/t7-,8?,14?,16-,18?/m0/s1. The zero-order chi connectivity index (χ0) is 18.3. The molecule has 0 aromatic rings. The highest BCUT2D eigenvalue weighted by molar-refractivity contribution is 6.25. The van der Waals surface area contributed by atoms with Gasteiger partial charge in [0.25, 0.3) is 0 Å². The summed E-state index contributed by atoms with van der Waals surface area (Å²) in [5.74, 6) is -1.73. The monoisotopic (exact) mass is 349 g/mol. The number of rotatable bonds is 3. The van der Waals surface area contributed by atoms with Gasteiger partial charge >= 0.3 is 6.09 Å². The van der Waals surface area contributed by atoms with Gasteiger partial charge in [0, 0.05) is 23.7 Å². The molecule has 25 heavy (non-hydrogen) atoms. The van der Waals surface area contributed by atoms with Crippen LogP contribution in [0.15, 0.2) is 22.6 Å². The van der Waals surface area contributed by atoms with E-state index in [1.165, 1.54) is 14.0 Å². The van der Waals surface area contributed by atoms with Crippen molar-refractivity contribution in [3.63, 3.8) is 0 Å². The van der Waals surface area contributed by atoms with Gasteiger partial charge in [-0.1, -0.05) is 0 Å². The lowest BCUT2D eigenvalue weighted by molar-refractivity contribution is -0.126. The van der Waals surface area contributed by atoms with Crippen LogP contribution in [0.4, 0.5) is 4.79 Å². The van der Waals surface area contributed by atoms with E-state index in [-0.39, 0.29) is 47.1 Å². The first kappa shape index (κ1) is 16.1. The fourth-order valence-electron chi connectivity index (χ4n) is 4.60. The minimum atomic E-state index is -1.49. The Balaban J connectivity index is 1.82. The third-order valence-electron chi connectivity index (χ3n) is 5.80. The largest absolute Gasteiger partial charge is 0.492 e. The van der Waals surface area contributed by atoms with Crippen molar-refractivity contribution in [1.82, 2.24) is 9.80 Å². The summed E-state index contributed by atoms with van der Waals surface area (Å²) >= 11 is 0. The van der Waals surface area contributed by atoms with E-state index in [0.717, 1.165) is 0 Å². The van der Waals surface area contributed by atoms with Gasteiger partial charge in [0.05, 0.1) is 24.8 Å². The molecule has 1 aliphatic carbocycles. The number of carbonyl (C=O) groups excluding carboxylic acids is 3. The summed E-state index contributed by atoms with van der Waals surface area (Å²) < 4.78 is 10.0. The number of methoxy groups -OCH3 is 1. The van der Waals surface area contributed by atoms with Crippen LogP contribution in [0.3, 0.4) is 0 Å². The summed E-state index contributed by atoms with van der Waals surface area (Å²) in [5, 5.41) is 11.4. The molecule has 0 bridgehead atoms. The number of likely N-dealkylation sites (N-methyl/N-ethyl adjacent to an activating group) is 1. The number of ketones is 2. The minimum absolute atomic E-state index is 0.0432. The van der Waals surface area contributed by atoms with E-state index in [1.807, 2.05) is 11.9 Å². The van der Waals surface area contributed by atoms with Gasteiger partial charge in [0.15, 0.2) is 11.5 Å². The van der Waals surface area contributed by atoms with Crippen molar-refractivity contribution in [2.24, 2.45) is 11.7 Å². The summed E-state index contributed by atoms with van der Waals surface area (Å²) in [7, 11) is 3.18. The van der Waals surface area contributed by atoms with Crippen LogP contribution in [-0.4, -0.2) is 77.7 Å². The molecular formula is C16H19N3O6. The molecule has 0 aromatic carbocycles. The molecule has 0 radical (unpaired) electrons. The average Bonchev–Trinajstić information content (AvgIpc) is 2.96. The smallest absolute Gasteiger partial charge is 0.404 e. The summed E-state index contributed by atoms with van der Waals surface area (Å²) in [6, 6.07) is -0.155. The van der Waals surface area contributed by atoms with Crippen LogP contribution in [0.2, 0.25) is 0 Å². The molecule has 134 valence electrons. The van der Waals surface area contributed by atoms with Crippen LogP contribution in [0.1, 0.15) is 6.92 Å². The molecule has 0 spiro atoms. The summed E-state index contributed by atoms with van der Waals surface area (Å²) in [4.78, 5) is 40.4. The minimum Gasteiger partial charge on any atom is -0.492 e. The van der Waals surface area contributed by atoms with Crippen LogP contribution in [0.5, 0.6) is 0 Å². The Bertz CT molecular complexity index is 787. The van der Waals surface area contributed by atoms with E-state index in [0.29, 0.717) is 6.54 Å². The number of aliphatic hydroxyl groups is 1. The van der Waals surface area contributed by atoms with Crippen LogP contribution in [0.25, 0.3) is 0 Å². The zero-order valence-electron chi connectivity index (χ0n) is 14.1. The van der Waals surface area contributed by atoms with E-state index in [1.54, 1.807) is 4.90 Å². The van der Waals surface area contributed by atoms with Crippen molar-refractivity contribution in [1.29, 1.82) is 0 Å². The second-order valence-corrected chi connectivity index (χ2v) is 6.83. The third-order valence-corrected chi connectivity index (χ3v) is 5.80. The molecule has 2 saturated heterocycles. The summed E-state index contributed by atoms with van der Waals surface area (Å²) in [6.07, 6.45) is -1.00. The number of fused-ring (bicyclic) bond motifs is 4. The van der Waals surface area contributed by atoms with Gasteiger partial charge in [0.2, 0.25) is 11.6 Å². The quantitative estimate of drug-likeness (QED) is 0.477. The Labute approximate surface area is 143 Å². The highest BCUT2D eigenvalue weighted by Gasteiger charge is 2.74. The molecule has 0 aromatic heterocycles. The Kier molecular flexibility index (Phi) is 3.11. The lowest BCUT2D eigenvalue weighted by Gasteiger charge is -2.37. The molecular weight excluding hydrogens is 330 g/mol. The molecule has 3 aliphatic heterocycles. The number of hydrogen-bond donors (Lipinski definition) is 2. The first-order valence-electron chi connectivity index (χ1n) is 7.97. The molecule has 4 aliphatic rings. The number of primary amides is 1. The predicted octanol–water partition coefficient (Wildman–Crippen LogP) is -1.28. The molecule has 9 nitrogen and oxygen atoms in total. The maximum atomic E-state index is 12.9. The molecule has 0 saturated carbocycles. The van der Waals surface area contributed by atoms with Crippen LogP contribution < -0.4 is 5.73 Å². The van der Waals surface area contributed by atoms with Gasteiger partial charge in [-0.2, -0.15) is 0 Å². The molecule has 5 atom stereocenters. The summed E-state index contributed by atoms with van der Waals surface area (Å²) in [5.41, 5.74) is 4.09. The topological polar surface area (TPSA) is 122 Å². The fraction of sp³-hybridized carbons (Fsp3) is 0.562. The second-order valence-electron chi connectivity index (χ2n) is 6.83. The Hall–Kier alpha value is -2.39. The highest BCUT2D eigenvalue weighted by atomic mass is 16.5. The third kappa shape index (κ3) is 1.77. The number of nitrogens with two attached hydrogens (primary N) is 1. The second kappa shape index (κ2) is 4.83. The lowest BCUT2D eigenvalue weighted by atomic mass is 9.83. The van der Waals surface area contributed by atoms with Gasteiger partial charge in [-0.15, -0.1) is 0 Å². The highest BCUT2D eigenvalue weighted by Crippen LogP contribution is 2.57. The summed E-state index contributed by atoms with van der Waals surface area (Å²) in [6.45, 7) is 1.67. The number of hydrogen-bond acceptors (Lipinski definition) is 8. The molecule has 9 heteroatoms. The fourth-order valence-corrected chi connectivity index (χ4v) is 4.60. The Morgan fingerprint density at radius 2 is 2.08 bits per heavy atom. The van der Waals surface area contributed by atoms with Crippen LogP contribution in [-0.2, 0) is 19.1 Å². The lowest BCUT2D eigenvalue weighted by Crippen LogP contribution is -2.53. The van der Waals surface area contributed by atoms with E-state index >= 15 is 0 Å². The van der Waals surface area contributed by atoms with Gasteiger partial charge in [-0.05, 0) is 14.0 Å². The van der Waals surface area contributed by atoms with E-state index < -0.39 is 23.5 Å². The SMILES string of the molecule is COC1=C(C)C(=O)C2=C(C1=O)[C@H](COC(N)=O)[C@]1(O)C3C(CN21)N3C. The number of Topliss-reactive ketones (excluding diaryl/α,β-unsaturated/α-hetero) is 2. The Morgan fingerprint density at radius 3 is 2.68 bits per heavy atom. The van der Waals surface area contributed by atoms with E-state index in [2.05, 4.69) is 0 Å². The van der Waals surface area contributed by atoms with Gasteiger partial charge in [0.1, 0.15) is 6.61 Å². The normalized spacial score (nSPS) is 38.6. The van der Waals surface area contributed by atoms with Crippen LogP contribution in [0, 0.1) is 5.92 Å².